The van der Waals surface area contributed by atoms with Crippen LogP contribution in [0.1, 0.15) is 0 Å². The molecule has 1 aliphatic rings. The summed E-state index contributed by atoms with van der Waals surface area (Å²) in [4.78, 5) is 4.91. The van der Waals surface area contributed by atoms with Crippen LogP contribution in [0, 0.1) is 0 Å². The Morgan fingerprint density at radius 1 is 1.25 bits per heavy atom. The monoisotopic (exact) mass is 235 g/mol. The normalized spacial score (nSPS) is 39.6. The van der Waals surface area contributed by atoms with Crippen LogP contribution in [0.4, 0.5) is 0 Å². The maximum Gasteiger partial charge on any atom is 0.206 e. The largest absolute Gasteiger partial charge is 0.394 e. The van der Waals surface area contributed by atoms with Gasteiger partial charge in [-0.1, -0.05) is 6.08 Å². The van der Waals surface area contributed by atoms with Crippen LogP contribution in [0.15, 0.2) is 12.7 Å². The van der Waals surface area contributed by atoms with Crippen LogP contribution in [0.3, 0.4) is 0 Å². The van der Waals surface area contributed by atoms with Crippen molar-refractivity contribution < 1.29 is 30.0 Å². The summed E-state index contributed by atoms with van der Waals surface area (Å²) in [6.45, 7) is 3.29. The van der Waals surface area contributed by atoms with E-state index in [1.165, 1.54) is 6.08 Å². The van der Waals surface area contributed by atoms with E-state index >= 15 is 0 Å². The molecule has 0 amide bonds. The molecule has 7 heteroatoms. The van der Waals surface area contributed by atoms with Crippen LogP contribution in [0.2, 0.25) is 0 Å². The molecular formula is C9H17NO6. The zero-order chi connectivity index (χ0) is 12.1. The highest BCUT2D eigenvalue weighted by atomic mass is 16.8. The van der Waals surface area contributed by atoms with Gasteiger partial charge in [0.1, 0.15) is 24.4 Å². The molecule has 5 N–H and O–H groups in total. The molecule has 1 rings (SSSR count). The molecule has 1 fully saturated rings. The van der Waals surface area contributed by atoms with Gasteiger partial charge in [-0.2, -0.15) is 5.48 Å². The summed E-state index contributed by atoms with van der Waals surface area (Å²) < 4.78 is 5.05. The van der Waals surface area contributed by atoms with Crippen molar-refractivity contribution >= 4 is 0 Å². The fraction of sp³-hybridized carbons (Fsp3) is 0.778. The molecular weight excluding hydrogens is 218 g/mol. The molecule has 0 aromatic heterocycles. The van der Waals surface area contributed by atoms with Gasteiger partial charge in [0.25, 0.3) is 0 Å². The summed E-state index contributed by atoms with van der Waals surface area (Å²) in [6.07, 6.45) is -4.79. The standard InChI is InChI=1S/C9H17NO6/c1-2-3-10-16-9-8(14)7(13)6(12)5(4-11)15-9/h2,5-14H,1,3-4H2/t5-,6-,7+,8-,9-/m1/s1. The number of hydroxylamine groups is 1. The summed E-state index contributed by atoms with van der Waals surface area (Å²) in [5, 5.41) is 37.3. The fourth-order valence-electron chi connectivity index (χ4n) is 1.35. The number of nitrogens with one attached hydrogen (secondary N) is 1. The molecule has 1 aliphatic heterocycles. The summed E-state index contributed by atoms with van der Waals surface area (Å²) in [5.74, 6) is 0. The number of ether oxygens (including phenoxy) is 1. The van der Waals surface area contributed by atoms with E-state index in [-0.39, 0.29) is 0 Å². The lowest BCUT2D eigenvalue weighted by molar-refractivity contribution is -0.315. The minimum atomic E-state index is -1.43. The van der Waals surface area contributed by atoms with Gasteiger partial charge in [0.15, 0.2) is 0 Å². The first-order valence-corrected chi connectivity index (χ1v) is 4.91. The van der Waals surface area contributed by atoms with Gasteiger partial charge in [0, 0.05) is 6.54 Å². The van der Waals surface area contributed by atoms with Crippen molar-refractivity contribution in [3.05, 3.63) is 12.7 Å². The van der Waals surface area contributed by atoms with E-state index in [0.717, 1.165) is 0 Å². The van der Waals surface area contributed by atoms with Gasteiger partial charge in [-0.3, -0.25) is 4.84 Å². The third-order valence-electron chi connectivity index (χ3n) is 2.28. The SMILES string of the molecule is C=CCNO[C@H]1O[C@H](CO)[C@@H](O)[C@H](O)[C@H]1O. The second-order valence-corrected chi connectivity index (χ2v) is 3.45. The molecule has 94 valence electrons. The second-order valence-electron chi connectivity index (χ2n) is 3.45. The Kier molecular flexibility index (Phi) is 5.29. The highest BCUT2D eigenvalue weighted by Crippen LogP contribution is 2.21. The van der Waals surface area contributed by atoms with Crippen molar-refractivity contribution in [2.75, 3.05) is 13.2 Å². The Labute approximate surface area is 92.9 Å². The number of rotatable bonds is 5. The second kappa shape index (κ2) is 6.26. The first-order chi connectivity index (χ1) is 7.61. The van der Waals surface area contributed by atoms with E-state index in [2.05, 4.69) is 12.1 Å². The molecule has 1 heterocycles. The predicted molar refractivity (Wildman–Crippen MR) is 53.1 cm³/mol. The van der Waals surface area contributed by atoms with E-state index in [9.17, 15) is 15.3 Å². The van der Waals surface area contributed by atoms with E-state index in [1.807, 2.05) is 0 Å². The third kappa shape index (κ3) is 2.98. The van der Waals surface area contributed by atoms with Gasteiger partial charge < -0.3 is 25.2 Å². The summed E-state index contributed by atoms with van der Waals surface area (Å²) >= 11 is 0. The average molecular weight is 235 g/mol. The molecule has 0 spiro atoms. The van der Waals surface area contributed by atoms with Crippen molar-refractivity contribution in [3.63, 3.8) is 0 Å². The number of aliphatic hydroxyl groups is 4. The highest BCUT2D eigenvalue weighted by molar-refractivity contribution is 4.88. The molecule has 0 aliphatic carbocycles. The maximum atomic E-state index is 9.51. The molecule has 5 atom stereocenters. The van der Waals surface area contributed by atoms with E-state index in [1.54, 1.807) is 0 Å². The van der Waals surface area contributed by atoms with Crippen LogP contribution in [0.5, 0.6) is 0 Å². The average Bonchev–Trinajstić information content (AvgIpc) is 2.29. The molecule has 0 unspecified atom stereocenters. The Balaban J connectivity index is 2.53. The summed E-state index contributed by atoms with van der Waals surface area (Å²) in [7, 11) is 0. The maximum absolute atomic E-state index is 9.51. The van der Waals surface area contributed by atoms with Crippen LogP contribution in [0.25, 0.3) is 0 Å². The van der Waals surface area contributed by atoms with E-state index in [0.29, 0.717) is 6.54 Å². The molecule has 0 aromatic carbocycles. The lowest BCUT2D eigenvalue weighted by atomic mass is 9.99. The Morgan fingerprint density at radius 3 is 2.50 bits per heavy atom. The van der Waals surface area contributed by atoms with E-state index < -0.39 is 37.3 Å². The minimum Gasteiger partial charge on any atom is -0.394 e. The number of aliphatic hydroxyl groups excluding tert-OH is 4. The fourth-order valence-corrected chi connectivity index (χ4v) is 1.35. The van der Waals surface area contributed by atoms with Gasteiger partial charge in [-0.05, 0) is 0 Å². The van der Waals surface area contributed by atoms with Gasteiger partial charge in [-0.15, -0.1) is 6.58 Å². The van der Waals surface area contributed by atoms with Crippen molar-refractivity contribution in [1.29, 1.82) is 0 Å². The van der Waals surface area contributed by atoms with E-state index in [4.69, 9.17) is 14.7 Å². The van der Waals surface area contributed by atoms with Crippen molar-refractivity contribution in [1.82, 2.24) is 5.48 Å². The van der Waals surface area contributed by atoms with Crippen molar-refractivity contribution in [2.45, 2.75) is 30.7 Å². The zero-order valence-electron chi connectivity index (χ0n) is 8.69. The quantitative estimate of drug-likeness (QED) is 0.203. The van der Waals surface area contributed by atoms with Crippen molar-refractivity contribution in [2.24, 2.45) is 0 Å². The van der Waals surface area contributed by atoms with Crippen molar-refractivity contribution in [3.8, 4) is 0 Å². The molecule has 0 radical (unpaired) electrons. The van der Waals surface area contributed by atoms with Gasteiger partial charge in [0.05, 0.1) is 6.61 Å². The van der Waals surface area contributed by atoms with Gasteiger partial charge in [0.2, 0.25) is 6.29 Å². The first-order valence-electron chi connectivity index (χ1n) is 4.91. The molecule has 0 aromatic rings. The Hall–Kier alpha value is -0.540. The van der Waals surface area contributed by atoms with Gasteiger partial charge >= 0.3 is 0 Å². The molecule has 1 saturated heterocycles. The first kappa shape index (κ1) is 13.5. The molecule has 16 heavy (non-hydrogen) atoms. The summed E-state index contributed by atoms with van der Waals surface area (Å²) in [6, 6.07) is 0. The topological polar surface area (TPSA) is 111 Å². The highest BCUT2D eigenvalue weighted by Gasteiger charge is 2.44. The number of hydrogen-bond donors (Lipinski definition) is 5. The summed E-state index contributed by atoms with van der Waals surface area (Å²) in [5.41, 5.74) is 2.44. The predicted octanol–water partition coefficient (Wildman–Crippen LogP) is -2.51. The lowest BCUT2D eigenvalue weighted by Gasteiger charge is -2.39. The smallest absolute Gasteiger partial charge is 0.206 e. The molecule has 0 saturated carbocycles. The van der Waals surface area contributed by atoms with Gasteiger partial charge in [-0.25, -0.2) is 0 Å². The third-order valence-corrected chi connectivity index (χ3v) is 2.28. The minimum absolute atomic E-state index is 0.328. The van der Waals surface area contributed by atoms with Crippen LogP contribution in [-0.2, 0) is 9.57 Å². The Bertz CT molecular complexity index is 224. The van der Waals surface area contributed by atoms with Crippen LogP contribution in [-0.4, -0.2) is 64.3 Å². The van der Waals surface area contributed by atoms with Crippen LogP contribution < -0.4 is 5.48 Å². The molecule has 7 nitrogen and oxygen atoms in total. The lowest BCUT2D eigenvalue weighted by Crippen LogP contribution is -2.60. The van der Waals surface area contributed by atoms with Crippen LogP contribution >= 0.6 is 0 Å². The Morgan fingerprint density at radius 2 is 1.94 bits per heavy atom. The number of hydrogen-bond acceptors (Lipinski definition) is 7. The zero-order valence-corrected chi connectivity index (χ0v) is 8.69. The molecule has 0 bridgehead atoms.